The van der Waals surface area contributed by atoms with Gasteiger partial charge in [0.15, 0.2) is 5.82 Å². The minimum Gasteiger partial charge on any atom is -0.385 e. The number of sulfonamides is 1. The van der Waals surface area contributed by atoms with Crippen LogP contribution in [0.2, 0.25) is 0 Å². The molecule has 0 aliphatic heterocycles. The van der Waals surface area contributed by atoms with Gasteiger partial charge in [0, 0.05) is 20.3 Å². The summed E-state index contributed by atoms with van der Waals surface area (Å²) in [5.41, 5.74) is 0.993. The van der Waals surface area contributed by atoms with Gasteiger partial charge in [-0.25, -0.2) is 8.42 Å². The maximum absolute atomic E-state index is 12.2. The summed E-state index contributed by atoms with van der Waals surface area (Å²) in [6.45, 7) is 3.26. The highest BCUT2D eigenvalue weighted by atomic mass is 32.2. The lowest BCUT2D eigenvalue weighted by molar-refractivity contribution is 0.197. The molecule has 0 unspecified atom stereocenters. The van der Waals surface area contributed by atoms with Gasteiger partial charge < -0.3 is 10.1 Å². The van der Waals surface area contributed by atoms with Crippen molar-refractivity contribution in [3.8, 4) is 0 Å². The molecule has 0 spiro atoms. The Labute approximate surface area is 136 Å². The third-order valence-electron chi connectivity index (χ3n) is 3.07. The zero-order valence-electron chi connectivity index (χ0n) is 13.1. The molecule has 8 heteroatoms. The van der Waals surface area contributed by atoms with Gasteiger partial charge in [0.2, 0.25) is 0 Å². The quantitative estimate of drug-likeness (QED) is 0.717. The van der Waals surface area contributed by atoms with Gasteiger partial charge in [-0.15, -0.1) is 10.2 Å². The van der Waals surface area contributed by atoms with E-state index in [2.05, 4.69) is 20.2 Å². The SMILES string of the molecule is COCCCNc1ccc(NS(=O)(=O)c2ccc(C)cc2)nn1. The lowest BCUT2D eigenvalue weighted by Gasteiger charge is -2.08. The molecular formula is C15H20N4O3S. The molecule has 2 aromatic rings. The number of nitrogens with one attached hydrogen (secondary N) is 2. The van der Waals surface area contributed by atoms with Gasteiger partial charge in [0.25, 0.3) is 10.0 Å². The third kappa shape index (κ3) is 5.19. The van der Waals surface area contributed by atoms with Gasteiger partial charge in [-0.3, -0.25) is 4.72 Å². The second-order valence-corrected chi connectivity index (χ2v) is 6.68. The smallest absolute Gasteiger partial charge is 0.263 e. The molecule has 124 valence electrons. The lowest BCUT2D eigenvalue weighted by atomic mass is 10.2. The van der Waals surface area contributed by atoms with Crippen molar-refractivity contribution < 1.29 is 13.2 Å². The Morgan fingerprint density at radius 2 is 1.70 bits per heavy atom. The van der Waals surface area contributed by atoms with Crippen LogP contribution in [0.3, 0.4) is 0 Å². The summed E-state index contributed by atoms with van der Waals surface area (Å²) < 4.78 is 31.8. The third-order valence-corrected chi connectivity index (χ3v) is 4.44. The minimum atomic E-state index is -3.66. The van der Waals surface area contributed by atoms with E-state index in [-0.39, 0.29) is 10.7 Å². The Bertz CT molecular complexity index is 715. The van der Waals surface area contributed by atoms with Crippen LogP contribution in [0, 0.1) is 6.92 Å². The van der Waals surface area contributed by atoms with Crippen LogP contribution in [0.4, 0.5) is 11.6 Å². The van der Waals surface area contributed by atoms with Gasteiger partial charge >= 0.3 is 0 Å². The molecule has 1 aromatic carbocycles. The van der Waals surface area contributed by atoms with Gasteiger partial charge in [-0.2, -0.15) is 0 Å². The molecule has 0 saturated carbocycles. The number of anilines is 2. The molecule has 1 aromatic heterocycles. The van der Waals surface area contributed by atoms with Crippen LogP contribution in [0.1, 0.15) is 12.0 Å². The lowest BCUT2D eigenvalue weighted by Crippen LogP contribution is -2.14. The van der Waals surface area contributed by atoms with Crippen LogP contribution in [0.15, 0.2) is 41.3 Å². The Kier molecular flexibility index (Phi) is 5.89. The minimum absolute atomic E-state index is 0.174. The van der Waals surface area contributed by atoms with Crippen molar-refractivity contribution in [2.24, 2.45) is 0 Å². The summed E-state index contributed by atoms with van der Waals surface area (Å²) in [5.74, 6) is 0.757. The van der Waals surface area contributed by atoms with E-state index in [1.165, 1.54) is 0 Å². The molecule has 23 heavy (non-hydrogen) atoms. The average Bonchev–Trinajstić information content (AvgIpc) is 2.53. The van der Waals surface area contributed by atoms with Crippen molar-refractivity contribution in [1.82, 2.24) is 10.2 Å². The number of methoxy groups -OCH3 is 1. The van der Waals surface area contributed by atoms with Crippen molar-refractivity contribution in [3.05, 3.63) is 42.0 Å². The van der Waals surface area contributed by atoms with Crippen molar-refractivity contribution in [1.29, 1.82) is 0 Å². The number of aromatic nitrogens is 2. The number of hydrogen-bond acceptors (Lipinski definition) is 6. The van der Waals surface area contributed by atoms with E-state index in [0.29, 0.717) is 19.0 Å². The van der Waals surface area contributed by atoms with Crippen molar-refractivity contribution in [2.45, 2.75) is 18.2 Å². The molecule has 1 heterocycles. The fourth-order valence-electron chi connectivity index (χ4n) is 1.83. The largest absolute Gasteiger partial charge is 0.385 e. The number of rotatable bonds is 8. The molecular weight excluding hydrogens is 316 g/mol. The van der Waals surface area contributed by atoms with Crippen LogP contribution in [0.5, 0.6) is 0 Å². The number of aryl methyl sites for hydroxylation is 1. The standard InChI is InChI=1S/C15H20N4O3S/c1-12-4-6-13(7-5-12)23(20,21)19-15-9-8-14(17-18-15)16-10-3-11-22-2/h4-9H,3,10-11H2,1-2H3,(H,16,17)(H,18,19). The Balaban J connectivity index is 1.98. The number of nitrogens with zero attached hydrogens (tertiary/aromatic N) is 2. The first kappa shape index (κ1) is 17.2. The monoisotopic (exact) mass is 336 g/mol. The molecule has 7 nitrogen and oxygen atoms in total. The summed E-state index contributed by atoms with van der Waals surface area (Å²) in [4.78, 5) is 0.187. The van der Waals surface area contributed by atoms with Gasteiger partial charge in [0.05, 0.1) is 4.90 Å². The zero-order valence-corrected chi connectivity index (χ0v) is 13.9. The summed E-state index contributed by atoms with van der Waals surface area (Å²) >= 11 is 0. The maximum Gasteiger partial charge on any atom is 0.263 e. The highest BCUT2D eigenvalue weighted by molar-refractivity contribution is 7.92. The van der Waals surface area contributed by atoms with E-state index in [0.717, 1.165) is 12.0 Å². The molecule has 0 bridgehead atoms. The molecule has 0 radical (unpaired) electrons. The molecule has 2 rings (SSSR count). The highest BCUT2D eigenvalue weighted by Gasteiger charge is 2.14. The molecule has 0 atom stereocenters. The van der Waals surface area contributed by atoms with Crippen molar-refractivity contribution >= 4 is 21.7 Å². The van der Waals surface area contributed by atoms with E-state index in [9.17, 15) is 8.42 Å². The Morgan fingerprint density at radius 1 is 1.04 bits per heavy atom. The number of hydrogen-bond donors (Lipinski definition) is 2. The van der Waals surface area contributed by atoms with E-state index in [1.807, 2.05) is 6.92 Å². The molecule has 0 fully saturated rings. The van der Waals surface area contributed by atoms with E-state index in [4.69, 9.17) is 4.74 Å². The van der Waals surface area contributed by atoms with E-state index < -0.39 is 10.0 Å². The summed E-state index contributed by atoms with van der Waals surface area (Å²) in [6, 6.07) is 9.83. The summed E-state index contributed by atoms with van der Waals surface area (Å²) in [6.07, 6.45) is 0.847. The number of benzene rings is 1. The normalized spacial score (nSPS) is 11.2. The average molecular weight is 336 g/mol. The second kappa shape index (κ2) is 7.89. The first-order valence-electron chi connectivity index (χ1n) is 7.17. The number of ether oxygens (including phenoxy) is 1. The fraction of sp³-hybridized carbons (Fsp3) is 0.333. The maximum atomic E-state index is 12.2. The predicted molar refractivity (Wildman–Crippen MR) is 89.0 cm³/mol. The summed E-state index contributed by atoms with van der Waals surface area (Å²) in [5, 5.41) is 10.9. The van der Waals surface area contributed by atoms with Gasteiger partial charge in [-0.1, -0.05) is 17.7 Å². The molecule has 2 N–H and O–H groups in total. The van der Waals surface area contributed by atoms with Crippen molar-refractivity contribution in [2.75, 3.05) is 30.3 Å². The fourth-order valence-corrected chi connectivity index (χ4v) is 2.82. The highest BCUT2D eigenvalue weighted by Crippen LogP contribution is 2.15. The van der Waals surface area contributed by atoms with Crippen LogP contribution in [-0.4, -0.2) is 38.9 Å². The van der Waals surface area contributed by atoms with Gasteiger partial charge in [-0.05, 0) is 37.6 Å². The second-order valence-electron chi connectivity index (χ2n) is 5.00. The van der Waals surface area contributed by atoms with E-state index in [1.54, 1.807) is 43.5 Å². The van der Waals surface area contributed by atoms with Crippen LogP contribution >= 0.6 is 0 Å². The summed E-state index contributed by atoms with van der Waals surface area (Å²) in [7, 11) is -2.01. The zero-order chi connectivity index (χ0) is 16.7. The Morgan fingerprint density at radius 3 is 2.30 bits per heavy atom. The van der Waals surface area contributed by atoms with Crippen molar-refractivity contribution in [3.63, 3.8) is 0 Å². The topological polar surface area (TPSA) is 93.2 Å². The Hall–Kier alpha value is -2.19. The first-order valence-corrected chi connectivity index (χ1v) is 8.65. The van der Waals surface area contributed by atoms with Gasteiger partial charge in [0.1, 0.15) is 5.82 Å². The van der Waals surface area contributed by atoms with Crippen LogP contribution in [0.25, 0.3) is 0 Å². The van der Waals surface area contributed by atoms with E-state index >= 15 is 0 Å². The molecule has 0 amide bonds. The predicted octanol–water partition coefficient (Wildman–Crippen LogP) is 2.03. The molecule has 0 saturated heterocycles. The molecule has 0 aliphatic rings. The first-order chi connectivity index (χ1) is 11.0. The molecule has 0 aliphatic carbocycles. The van der Waals surface area contributed by atoms with Crippen LogP contribution < -0.4 is 10.0 Å². The van der Waals surface area contributed by atoms with Crippen LogP contribution in [-0.2, 0) is 14.8 Å².